The maximum absolute atomic E-state index is 11.6. The Labute approximate surface area is 124 Å². The number of carbonyl (C=O) groups is 2. The molecule has 0 aliphatic carbocycles. The van der Waals surface area contributed by atoms with Gasteiger partial charge >= 0.3 is 5.97 Å². The fraction of sp³-hybridized carbons (Fsp3) is 0.375. The monoisotopic (exact) mass is 291 g/mol. The van der Waals surface area contributed by atoms with Gasteiger partial charge in [0.2, 0.25) is 0 Å². The third-order valence-electron chi connectivity index (χ3n) is 2.77. The number of ether oxygens (including phenoxy) is 2. The van der Waals surface area contributed by atoms with Crippen molar-refractivity contribution in [1.82, 2.24) is 5.32 Å². The molecule has 1 atom stereocenters. The SMILES string of the molecule is C=CCNC(=O)[C@H](C)OC(=O)COc1ccc(C)cc1C. The predicted octanol–water partition coefficient (Wildman–Crippen LogP) is 1.92. The van der Waals surface area contributed by atoms with E-state index in [2.05, 4.69) is 11.9 Å². The number of hydrogen-bond donors (Lipinski definition) is 1. The van der Waals surface area contributed by atoms with E-state index in [1.165, 1.54) is 6.92 Å². The summed E-state index contributed by atoms with van der Waals surface area (Å²) in [7, 11) is 0. The second-order valence-corrected chi connectivity index (χ2v) is 4.72. The molecular weight excluding hydrogens is 270 g/mol. The summed E-state index contributed by atoms with van der Waals surface area (Å²) in [6.07, 6.45) is 0.690. The van der Waals surface area contributed by atoms with Gasteiger partial charge in [0.05, 0.1) is 0 Å². The fourth-order valence-corrected chi connectivity index (χ4v) is 1.70. The van der Waals surface area contributed by atoms with Crippen LogP contribution in [0.3, 0.4) is 0 Å². The highest BCUT2D eigenvalue weighted by molar-refractivity contribution is 5.83. The van der Waals surface area contributed by atoms with Crippen LogP contribution in [0, 0.1) is 13.8 Å². The Morgan fingerprint density at radius 1 is 1.38 bits per heavy atom. The van der Waals surface area contributed by atoms with Gasteiger partial charge in [-0.3, -0.25) is 4.79 Å². The lowest BCUT2D eigenvalue weighted by molar-refractivity contribution is -0.156. The molecule has 5 heteroatoms. The average molecular weight is 291 g/mol. The topological polar surface area (TPSA) is 64.6 Å². The van der Waals surface area contributed by atoms with Crippen molar-refractivity contribution in [3.8, 4) is 5.75 Å². The molecule has 0 aromatic heterocycles. The molecule has 1 aromatic carbocycles. The smallest absolute Gasteiger partial charge is 0.344 e. The highest BCUT2D eigenvalue weighted by atomic mass is 16.6. The first-order valence-corrected chi connectivity index (χ1v) is 6.72. The molecule has 0 fully saturated rings. The van der Waals surface area contributed by atoms with Gasteiger partial charge in [-0.2, -0.15) is 0 Å². The molecule has 1 rings (SSSR count). The van der Waals surface area contributed by atoms with E-state index >= 15 is 0 Å². The molecule has 21 heavy (non-hydrogen) atoms. The minimum Gasteiger partial charge on any atom is -0.482 e. The zero-order valence-corrected chi connectivity index (χ0v) is 12.6. The van der Waals surface area contributed by atoms with Gasteiger partial charge in [0.1, 0.15) is 5.75 Å². The summed E-state index contributed by atoms with van der Waals surface area (Å²) in [4.78, 5) is 23.2. The van der Waals surface area contributed by atoms with E-state index in [0.29, 0.717) is 12.3 Å². The number of esters is 1. The third-order valence-corrected chi connectivity index (χ3v) is 2.77. The van der Waals surface area contributed by atoms with Crippen molar-refractivity contribution in [3.63, 3.8) is 0 Å². The highest BCUT2D eigenvalue weighted by Crippen LogP contribution is 2.18. The van der Waals surface area contributed by atoms with Crippen LogP contribution in [0.2, 0.25) is 0 Å². The molecule has 0 bridgehead atoms. The Morgan fingerprint density at radius 2 is 2.10 bits per heavy atom. The Balaban J connectivity index is 2.43. The van der Waals surface area contributed by atoms with Gasteiger partial charge in [0.25, 0.3) is 5.91 Å². The number of hydrogen-bond acceptors (Lipinski definition) is 4. The highest BCUT2D eigenvalue weighted by Gasteiger charge is 2.17. The second kappa shape index (κ2) is 8.09. The van der Waals surface area contributed by atoms with Gasteiger partial charge < -0.3 is 14.8 Å². The minimum atomic E-state index is -0.861. The van der Waals surface area contributed by atoms with Gasteiger partial charge in [0, 0.05) is 6.54 Å². The molecule has 0 unspecified atom stereocenters. The van der Waals surface area contributed by atoms with Gasteiger partial charge in [-0.25, -0.2) is 4.79 Å². The normalized spacial score (nSPS) is 11.4. The quantitative estimate of drug-likeness (QED) is 0.616. The number of rotatable bonds is 7. The van der Waals surface area contributed by atoms with Crippen molar-refractivity contribution in [3.05, 3.63) is 42.0 Å². The van der Waals surface area contributed by atoms with E-state index in [-0.39, 0.29) is 12.5 Å². The first-order valence-electron chi connectivity index (χ1n) is 6.72. The Kier molecular flexibility index (Phi) is 6.46. The zero-order chi connectivity index (χ0) is 15.8. The molecular formula is C16H21NO4. The maximum atomic E-state index is 11.6. The summed E-state index contributed by atoms with van der Waals surface area (Å²) in [5, 5.41) is 2.55. The summed E-state index contributed by atoms with van der Waals surface area (Å²) in [6.45, 7) is 8.98. The molecule has 0 spiro atoms. The van der Waals surface area contributed by atoms with Crippen LogP contribution in [0.1, 0.15) is 18.1 Å². The molecule has 1 aromatic rings. The Bertz CT molecular complexity index is 525. The summed E-state index contributed by atoms with van der Waals surface area (Å²) in [5.74, 6) is -0.327. The van der Waals surface area contributed by atoms with E-state index in [0.717, 1.165) is 11.1 Å². The first-order chi connectivity index (χ1) is 9.93. The van der Waals surface area contributed by atoms with Gasteiger partial charge in [-0.05, 0) is 32.4 Å². The van der Waals surface area contributed by atoms with E-state index in [9.17, 15) is 9.59 Å². The van der Waals surface area contributed by atoms with Gasteiger partial charge in [0.15, 0.2) is 12.7 Å². The summed E-state index contributed by atoms with van der Waals surface area (Å²) in [5.41, 5.74) is 2.06. The lowest BCUT2D eigenvalue weighted by Crippen LogP contribution is -2.36. The average Bonchev–Trinajstić information content (AvgIpc) is 2.43. The van der Waals surface area contributed by atoms with Crippen LogP contribution in [0.4, 0.5) is 0 Å². The number of aryl methyl sites for hydroxylation is 2. The molecule has 1 N–H and O–H groups in total. The van der Waals surface area contributed by atoms with Crippen LogP contribution < -0.4 is 10.1 Å². The molecule has 0 aliphatic rings. The van der Waals surface area contributed by atoms with E-state index in [4.69, 9.17) is 9.47 Å². The zero-order valence-electron chi connectivity index (χ0n) is 12.6. The maximum Gasteiger partial charge on any atom is 0.344 e. The number of nitrogens with one attached hydrogen (secondary N) is 1. The minimum absolute atomic E-state index is 0.233. The van der Waals surface area contributed by atoms with Crippen LogP contribution in [-0.4, -0.2) is 31.1 Å². The summed E-state index contributed by atoms with van der Waals surface area (Å²) < 4.78 is 10.4. The molecule has 0 heterocycles. The summed E-state index contributed by atoms with van der Waals surface area (Å²) in [6, 6.07) is 5.67. The van der Waals surface area contributed by atoms with Crippen molar-refractivity contribution >= 4 is 11.9 Å². The second-order valence-electron chi connectivity index (χ2n) is 4.72. The van der Waals surface area contributed by atoms with E-state index in [1.807, 2.05) is 26.0 Å². The summed E-state index contributed by atoms with van der Waals surface area (Å²) >= 11 is 0. The molecule has 0 saturated carbocycles. The van der Waals surface area contributed by atoms with Crippen LogP contribution in [0.25, 0.3) is 0 Å². The third kappa shape index (κ3) is 5.69. The van der Waals surface area contributed by atoms with Crippen LogP contribution in [0.15, 0.2) is 30.9 Å². The van der Waals surface area contributed by atoms with Crippen molar-refractivity contribution in [2.24, 2.45) is 0 Å². The van der Waals surface area contributed by atoms with Gasteiger partial charge in [-0.15, -0.1) is 6.58 Å². The van der Waals surface area contributed by atoms with Crippen molar-refractivity contribution in [2.45, 2.75) is 26.9 Å². The standard InChI is InChI=1S/C16H21NO4/c1-5-8-17-16(19)13(4)21-15(18)10-20-14-7-6-11(2)9-12(14)3/h5-7,9,13H,1,8,10H2,2-4H3,(H,17,19)/t13-/m0/s1. The van der Waals surface area contributed by atoms with Crippen molar-refractivity contribution in [1.29, 1.82) is 0 Å². The first kappa shape index (κ1) is 16.8. The molecule has 114 valence electrons. The van der Waals surface area contributed by atoms with E-state index in [1.54, 1.807) is 12.1 Å². The number of carbonyl (C=O) groups excluding carboxylic acids is 2. The molecule has 0 saturated heterocycles. The largest absolute Gasteiger partial charge is 0.482 e. The van der Waals surface area contributed by atoms with Crippen LogP contribution in [-0.2, 0) is 14.3 Å². The molecule has 0 radical (unpaired) electrons. The lowest BCUT2D eigenvalue weighted by Gasteiger charge is -2.14. The van der Waals surface area contributed by atoms with Crippen LogP contribution in [0.5, 0.6) is 5.75 Å². The van der Waals surface area contributed by atoms with Crippen molar-refractivity contribution < 1.29 is 19.1 Å². The number of benzene rings is 1. The van der Waals surface area contributed by atoms with E-state index < -0.39 is 12.1 Å². The fourth-order valence-electron chi connectivity index (χ4n) is 1.70. The molecule has 1 amide bonds. The molecule has 0 aliphatic heterocycles. The van der Waals surface area contributed by atoms with Gasteiger partial charge in [-0.1, -0.05) is 23.8 Å². The Hall–Kier alpha value is -2.30. The Morgan fingerprint density at radius 3 is 2.71 bits per heavy atom. The van der Waals surface area contributed by atoms with Crippen LogP contribution >= 0.6 is 0 Å². The number of amides is 1. The lowest BCUT2D eigenvalue weighted by atomic mass is 10.1. The van der Waals surface area contributed by atoms with Crippen molar-refractivity contribution in [2.75, 3.05) is 13.2 Å². The molecule has 5 nitrogen and oxygen atoms in total. The predicted molar refractivity (Wildman–Crippen MR) is 80.2 cm³/mol.